The summed E-state index contributed by atoms with van der Waals surface area (Å²) in [5, 5.41) is 16.6. The quantitative estimate of drug-likeness (QED) is 0.891. The number of halogens is 1. The van der Waals surface area contributed by atoms with E-state index < -0.39 is 0 Å². The highest BCUT2D eigenvalue weighted by Crippen LogP contribution is 2.28. The maximum atomic E-state index is 4.42. The molecule has 1 aromatic heterocycles. The minimum Gasteiger partial charge on any atom is -0.349 e. The molecule has 0 bridgehead atoms. The lowest BCUT2D eigenvalue weighted by Crippen LogP contribution is -2.42. The van der Waals surface area contributed by atoms with E-state index in [1.807, 2.05) is 12.1 Å². The van der Waals surface area contributed by atoms with E-state index in [1.54, 1.807) is 0 Å². The highest BCUT2D eigenvalue weighted by molar-refractivity contribution is 7.18. The first-order valence-electron chi connectivity index (χ1n) is 6.53. The molecule has 21 heavy (non-hydrogen) atoms. The van der Waals surface area contributed by atoms with Crippen LogP contribution in [0.4, 0.5) is 5.13 Å². The predicted molar refractivity (Wildman–Crippen MR) is 90.5 cm³/mol. The standard InChI is InChI=1S/C14H17N5S.ClH/c1-9-6-4-5-7-10(9)11-18-19-13(20-11)16-12-15-8-14(2,3)17-12;/h4-7H,8H2,1-3H3,(H2,15,16,17,19);1H. The first kappa shape index (κ1) is 15.7. The lowest BCUT2D eigenvalue weighted by atomic mass is 10.1. The Bertz CT molecular complexity index is 665. The molecule has 0 atom stereocenters. The maximum Gasteiger partial charge on any atom is 0.212 e. The molecular formula is C14H18ClN5S. The second-order valence-electron chi connectivity index (χ2n) is 5.53. The largest absolute Gasteiger partial charge is 0.349 e. The van der Waals surface area contributed by atoms with Crippen molar-refractivity contribution in [3.63, 3.8) is 0 Å². The molecule has 1 aliphatic heterocycles. The van der Waals surface area contributed by atoms with Crippen LogP contribution < -0.4 is 10.6 Å². The van der Waals surface area contributed by atoms with E-state index >= 15 is 0 Å². The average Bonchev–Trinajstić information content (AvgIpc) is 2.97. The van der Waals surface area contributed by atoms with Gasteiger partial charge in [0.25, 0.3) is 0 Å². The number of aryl methyl sites for hydroxylation is 1. The van der Waals surface area contributed by atoms with Crippen molar-refractivity contribution in [3.05, 3.63) is 29.8 Å². The summed E-state index contributed by atoms with van der Waals surface area (Å²) in [7, 11) is 0. The Morgan fingerprint density at radius 3 is 2.67 bits per heavy atom. The monoisotopic (exact) mass is 323 g/mol. The lowest BCUT2D eigenvalue weighted by Gasteiger charge is -2.17. The van der Waals surface area contributed by atoms with Crippen LogP contribution in [0.2, 0.25) is 0 Å². The number of anilines is 1. The van der Waals surface area contributed by atoms with Crippen molar-refractivity contribution in [2.75, 3.05) is 11.9 Å². The summed E-state index contributed by atoms with van der Waals surface area (Å²) in [6, 6.07) is 8.18. The zero-order valence-electron chi connectivity index (χ0n) is 12.2. The number of nitrogens with one attached hydrogen (secondary N) is 2. The van der Waals surface area contributed by atoms with Gasteiger partial charge in [0.05, 0.1) is 12.1 Å². The van der Waals surface area contributed by atoms with Crippen LogP contribution in [0.1, 0.15) is 19.4 Å². The van der Waals surface area contributed by atoms with Crippen molar-refractivity contribution in [3.8, 4) is 10.6 Å². The fourth-order valence-electron chi connectivity index (χ4n) is 2.04. The first-order chi connectivity index (χ1) is 9.53. The Kier molecular flexibility index (Phi) is 4.49. The summed E-state index contributed by atoms with van der Waals surface area (Å²) in [6.45, 7) is 7.07. The SMILES string of the molecule is Cc1ccccc1-c1nnc(NC2=NCC(C)(C)N2)s1.Cl. The first-order valence-corrected chi connectivity index (χ1v) is 7.34. The zero-order valence-corrected chi connectivity index (χ0v) is 13.8. The summed E-state index contributed by atoms with van der Waals surface area (Å²) in [6.07, 6.45) is 0. The molecule has 0 spiro atoms. The fraction of sp³-hybridized carbons (Fsp3) is 0.357. The van der Waals surface area contributed by atoms with Gasteiger partial charge >= 0.3 is 0 Å². The molecule has 5 nitrogen and oxygen atoms in total. The molecule has 0 fully saturated rings. The van der Waals surface area contributed by atoms with E-state index in [1.165, 1.54) is 16.9 Å². The molecule has 2 aromatic rings. The van der Waals surface area contributed by atoms with E-state index in [-0.39, 0.29) is 17.9 Å². The topological polar surface area (TPSA) is 62.2 Å². The molecule has 1 aromatic carbocycles. The van der Waals surface area contributed by atoms with Crippen molar-refractivity contribution in [1.29, 1.82) is 0 Å². The molecule has 2 heterocycles. The van der Waals surface area contributed by atoms with Gasteiger partial charge in [-0.1, -0.05) is 35.6 Å². The van der Waals surface area contributed by atoms with Crippen LogP contribution in [-0.2, 0) is 0 Å². The smallest absolute Gasteiger partial charge is 0.212 e. The molecule has 1 aliphatic rings. The summed E-state index contributed by atoms with van der Waals surface area (Å²) in [5.41, 5.74) is 2.33. The van der Waals surface area contributed by atoms with Gasteiger partial charge in [-0.2, -0.15) is 0 Å². The van der Waals surface area contributed by atoms with Gasteiger partial charge in [0, 0.05) is 5.56 Å². The Hall–Kier alpha value is -1.66. The van der Waals surface area contributed by atoms with Gasteiger partial charge < -0.3 is 10.6 Å². The third-order valence-electron chi connectivity index (χ3n) is 3.12. The number of guanidine groups is 1. The van der Waals surface area contributed by atoms with Crippen molar-refractivity contribution >= 4 is 34.8 Å². The fourth-order valence-corrected chi connectivity index (χ4v) is 2.88. The number of hydrogen-bond acceptors (Lipinski definition) is 6. The number of aliphatic imine (C=N–C) groups is 1. The van der Waals surface area contributed by atoms with Crippen molar-refractivity contribution < 1.29 is 0 Å². The Morgan fingerprint density at radius 2 is 2.00 bits per heavy atom. The molecular weight excluding hydrogens is 306 g/mol. The highest BCUT2D eigenvalue weighted by atomic mass is 35.5. The molecule has 0 saturated carbocycles. The second kappa shape index (κ2) is 5.99. The average molecular weight is 324 g/mol. The van der Waals surface area contributed by atoms with E-state index in [0.29, 0.717) is 0 Å². The number of aromatic nitrogens is 2. The van der Waals surface area contributed by atoms with E-state index in [0.717, 1.165) is 28.2 Å². The molecule has 0 radical (unpaired) electrons. The van der Waals surface area contributed by atoms with Crippen molar-refractivity contribution in [1.82, 2.24) is 15.5 Å². The van der Waals surface area contributed by atoms with Crippen LogP contribution in [0.3, 0.4) is 0 Å². The Morgan fingerprint density at radius 1 is 1.24 bits per heavy atom. The van der Waals surface area contributed by atoms with Crippen LogP contribution in [0, 0.1) is 6.92 Å². The van der Waals surface area contributed by atoms with Crippen LogP contribution in [-0.4, -0.2) is 28.2 Å². The summed E-state index contributed by atoms with van der Waals surface area (Å²) in [4.78, 5) is 4.42. The molecule has 0 saturated heterocycles. The molecule has 112 valence electrons. The van der Waals surface area contributed by atoms with Crippen LogP contribution in [0.5, 0.6) is 0 Å². The summed E-state index contributed by atoms with van der Waals surface area (Å²) in [5.74, 6) is 0.766. The normalized spacial score (nSPS) is 15.9. The Balaban J connectivity index is 0.00000161. The number of hydrogen-bond donors (Lipinski definition) is 2. The second-order valence-corrected chi connectivity index (χ2v) is 6.50. The third kappa shape index (κ3) is 3.51. The third-order valence-corrected chi connectivity index (χ3v) is 3.99. The summed E-state index contributed by atoms with van der Waals surface area (Å²) >= 11 is 1.53. The molecule has 0 unspecified atom stereocenters. The number of benzene rings is 1. The van der Waals surface area contributed by atoms with Crippen LogP contribution in [0.25, 0.3) is 10.6 Å². The molecule has 2 N–H and O–H groups in total. The van der Waals surface area contributed by atoms with Crippen molar-refractivity contribution in [2.45, 2.75) is 26.3 Å². The van der Waals surface area contributed by atoms with Crippen LogP contribution in [0.15, 0.2) is 29.3 Å². The molecule has 7 heteroatoms. The van der Waals surface area contributed by atoms with E-state index in [9.17, 15) is 0 Å². The van der Waals surface area contributed by atoms with Gasteiger partial charge in [-0.25, -0.2) is 0 Å². The van der Waals surface area contributed by atoms with E-state index in [2.05, 4.69) is 58.7 Å². The van der Waals surface area contributed by atoms with E-state index in [4.69, 9.17) is 0 Å². The predicted octanol–water partition coefficient (Wildman–Crippen LogP) is 3.09. The molecule has 0 aliphatic carbocycles. The minimum atomic E-state index is 0. The molecule has 3 rings (SSSR count). The van der Waals surface area contributed by atoms with Gasteiger partial charge in [0.2, 0.25) is 5.13 Å². The van der Waals surface area contributed by atoms with Crippen molar-refractivity contribution in [2.24, 2.45) is 4.99 Å². The number of rotatable bonds is 2. The van der Waals surface area contributed by atoms with Gasteiger partial charge in [-0.3, -0.25) is 4.99 Å². The van der Waals surface area contributed by atoms with Gasteiger partial charge in [-0.05, 0) is 26.3 Å². The molecule has 0 amide bonds. The lowest BCUT2D eigenvalue weighted by molar-refractivity contribution is 0.506. The minimum absolute atomic E-state index is 0. The zero-order chi connectivity index (χ0) is 14.2. The van der Waals surface area contributed by atoms with Gasteiger partial charge in [0.1, 0.15) is 5.01 Å². The number of nitrogens with zero attached hydrogens (tertiary/aromatic N) is 3. The van der Waals surface area contributed by atoms with Crippen LogP contribution >= 0.6 is 23.7 Å². The van der Waals surface area contributed by atoms with Gasteiger partial charge in [0.15, 0.2) is 5.96 Å². The Labute approximate surface area is 134 Å². The summed E-state index contributed by atoms with van der Waals surface area (Å²) < 4.78 is 0. The highest BCUT2D eigenvalue weighted by Gasteiger charge is 2.25. The van der Waals surface area contributed by atoms with Gasteiger partial charge in [-0.15, -0.1) is 22.6 Å². The maximum absolute atomic E-state index is 4.42.